The molecule has 0 heterocycles. The second-order valence-electron chi connectivity index (χ2n) is 4.56. The normalized spacial score (nSPS) is 14.5. The zero-order chi connectivity index (χ0) is 12.3. The molecule has 0 unspecified atom stereocenters. The third kappa shape index (κ3) is 4.18. The van der Waals surface area contributed by atoms with Crippen LogP contribution >= 0.6 is 22.6 Å². The molecule has 3 nitrogen and oxygen atoms in total. The van der Waals surface area contributed by atoms with Crippen LogP contribution in [0.2, 0.25) is 0 Å². The zero-order valence-electron chi connectivity index (χ0n) is 9.92. The van der Waals surface area contributed by atoms with E-state index in [0.29, 0.717) is 6.54 Å². The van der Waals surface area contributed by atoms with Gasteiger partial charge in [-0.2, -0.15) is 0 Å². The summed E-state index contributed by atoms with van der Waals surface area (Å²) >= 11 is 2.30. The molecule has 17 heavy (non-hydrogen) atoms. The number of halogens is 1. The van der Waals surface area contributed by atoms with Crippen LogP contribution in [0, 0.1) is 16.4 Å². The lowest BCUT2D eigenvalue weighted by Gasteiger charge is -2.08. The Morgan fingerprint density at radius 2 is 2.24 bits per heavy atom. The van der Waals surface area contributed by atoms with Gasteiger partial charge in [0, 0.05) is 15.8 Å². The summed E-state index contributed by atoms with van der Waals surface area (Å²) in [6, 6.07) is 6.13. The van der Waals surface area contributed by atoms with Crippen molar-refractivity contribution in [2.75, 3.05) is 18.4 Å². The van der Waals surface area contributed by atoms with Crippen LogP contribution in [0.5, 0.6) is 0 Å². The fourth-order valence-corrected chi connectivity index (χ4v) is 2.04. The Morgan fingerprint density at radius 1 is 1.47 bits per heavy atom. The summed E-state index contributed by atoms with van der Waals surface area (Å²) < 4.78 is 1.21. The largest absolute Gasteiger partial charge is 0.376 e. The fourth-order valence-electron chi connectivity index (χ4n) is 1.53. The molecule has 2 rings (SSSR count). The van der Waals surface area contributed by atoms with E-state index in [0.717, 1.165) is 18.2 Å². The lowest BCUT2D eigenvalue weighted by molar-refractivity contribution is -0.119. The monoisotopic (exact) mass is 344 g/mol. The Morgan fingerprint density at radius 3 is 2.88 bits per heavy atom. The number of carbonyl (C=O) groups is 1. The van der Waals surface area contributed by atoms with Crippen molar-refractivity contribution in [3.05, 3.63) is 27.3 Å². The first-order valence-corrected chi connectivity index (χ1v) is 7.00. The summed E-state index contributed by atoms with van der Waals surface area (Å²) in [5, 5.41) is 6.08. The number of carbonyl (C=O) groups excluding carboxylic acids is 1. The predicted octanol–water partition coefficient (Wildman–Crippen LogP) is 2.54. The standard InChI is InChI=1S/C13H17IN2O/c1-9-2-5-11(6-12(9)14)15-8-13(17)16-7-10-3-4-10/h2,5-6,10,15H,3-4,7-8H2,1H3,(H,16,17). The number of hydrogen-bond donors (Lipinski definition) is 2. The van der Waals surface area contributed by atoms with E-state index in [1.165, 1.54) is 22.0 Å². The van der Waals surface area contributed by atoms with Gasteiger partial charge in [-0.05, 0) is 66.0 Å². The van der Waals surface area contributed by atoms with Crippen molar-refractivity contribution in [2.45, 2.75) is 19.8 Å². The molecule has 1 aromatic rings. The minimum Gasteiger partial charge on any atom is -0.376 e. The van der Waals surface area contributed by atoms with Crippen LogP contribution in [0.25, 0.3) is 0 Å². The van der Waals surface area contributed by atoms with Crippen LogP contribution in [-0.2, 0) is 4.79 Å². The lowest BCUT2D eigenvalue weighted by Crippen LogP contribution is -2.31. The Hall–Kier alpha value is -0.780. The molecular formula is C13H17IN2O. The summed E-state index contributed by atoms with van der Waals surface area (Å²) in [7, 11) is 0. The predicted molar refractivity (Wildman–Crippen MR) is 78.1 cm³/mol. The highest BCUT2D eigenvalue weighted by Gasteiger charge is 2.21. The van der Waals surface area contributed by atoms with Gasteiger partial charge in [-0.25, -0.2) is 0 Å². The Bertz CT molecular complexity index is 416. The smallest absolute Gasteiger partial charge is 0.239 e. The van der Waals surface area contributed by atoms with Gasteiger partial charge in [0.15, 0.2) is 0 Å². The van der Waals surface area contributed by atoms with Crippen LogP contribution in [0.3, 0.4) is 0 Å². The summed E-state index contributed by atoms with van der Waals surface area (Å²) in [6.07, 6.45) is 2.54. The molecule has 0 aromatic heterocycles. The molecule has 4 heteroatoms. The van der Waals surface area contributed by atoms with Gasteiger partial charge in [0.1, 0.15) is 0 Å². The van der Waals surface area contributed by atoms with Gasteiger partial charge < -0.3 is 10.6 Å². The van der Waals surface area contributed by atoms with Gasteiger partial charge in [0.25, 0.3) is 0 Å². The van der Waals surface area contributed by atoms with Gasteiger partial charge in [-0.15, -0.1) is 0 Å². The van der Waals surface area contributed by atoms with Crippen LogP contribution in [0.4, 0.5) is 5.69 Å². The van der Waals surface area contributed by atoms with Crippen LogP contribution in [0.15, 0.2) is 18.2 Å². The second-order valence-corrected chi connectivity index (χ2v) is 5.73. The molecule has 1 saturated carbocycles. The van der Waals surface area contributed by atoms with Crippen molar-refractivity contribution in [3.63, 3.8) is 0 Å². The quantitative estimate of drug-likeness (QED) is 0.806. The minimum absolute atomic E-state index is 0.0764. The highest BCUT2D eigenvalue weighted by molar-refractivity contribution is 14.1. The fraction of sp³-hybridized carbons (Fsp3) is 0.462. The average molecular weight is 344 g/mol. The molecule has 1 amide bonds. The summed E-state index contributed by atoms with van der Waals surface area (Å²) in [5.41, 5.74) is 2.26. The van der Waals surface area contributed by atoms with E-state index >= 15 is 0 Å². The first-order valence-electron chi connectivity index (χ1n) is 5.92. The number of aryl methyl sites for hydroxylation is 1. The van der Waals surface area contributed by atoms with Gasteiger partial charge in [-0.1, -0.05) is 6.07 Å². The summed E-state index contributed by atoms with van der Waals surface area (Å²) in [4.78, 5) is 11.5. The van der Waals surface area contributed by atoms with Crippen molar-refractivity contribution >= 4 is 34.2 Å². The Balaban J connectivity index is 1.75. The minimum atomic E-state index is 0.0764. The van der Waals surface area contributed by atoms with Crippen molar-refractivity contribution in [1.82, 2.24) is 5.32 Å². The summed E-state index contributed by atoms with van der Waals surface area (Å²) in [6.45, 7) is 3.27. The molecule has 1 fully saturated rings. The molecule has 1 aliphatic carbocycles. The number of rotatable bonds is 5. The van der Waals surface area contributed by atoms with E-state index < -0.39 is 0 Å². The molecule has 0 atom stereocenters. The highest BCUT2D eigenvalue weighted by atomic mass is 127. The molecule has 1 aromatic carbocycles. The first kappa shape index (κ1) is 12.7. The maximum absolute atomic E-state index is 11.5. The third-order valence-corrected chi connectivity index (χ3v) is 4.07. The van der Waals surface area contributed by atoms with Crippen molar-refractivity contribution < 1.29 is 4.79 Å². The topological polar surface area (TPSA) is 41.1 Å². The van der Waals surface area contributed by atoms with Gasteiger partial charge >= 0.3 is 0 Å². The molecule has 0 saturated heterocycles. The van der Waals surface area contributed by atoms with Gasteiger partial charge in [0.2, 0.25) is 5.91 Å². The molecule has 92 valence electrons. The maximum atomic E-state index is 11.5. The molecule has 0 aliphatic heterocycles. The Kier molecular flexibility index (Phi) is 4.25. The molecular weight excluding hydrogens is 327 g/mol. The number of benzene rings is 1. The van der Waals surface area contributed by atoms with E-state index in [-0.39, 0.29) is 5.91 Å². The number of hydrogen-bond acceptors (Lipinski definition) is 2. The molecule has 1 aliphatic rings. The number of amides is 1. The van der Waals surface area contributed by atoms with E-state index in [2.05, 4.69) is 52.3 Å². The summed E-state index contributed by atoms with van der Waals surface area (Å²) in [5.74, 6) is 0.812. The van der Waals surface area contributed by atoms with Crippen molar-refractivity contribution in [2.24, 2.45) is 5.92 Å². The van der Waals surface area contributed by atoms with Crippen LogP contribution < -0.4 is 10.6 Å². The third-order valence-electron chi connectivity index (χ3n) is 2.91. The van der Waals surface area contributed by atoms with E-state index in [1.54, 1.807) is 0 Å². The molecule has 2 N–H and O–H groups in total. The van der Waals surface area contributed by atoms with Gasteiger partial charge in [0.05, 0.1) is 6.54 Å². The molecule has 0 spiro atoms. The maximum Gasteiger partial charge on any atom is 0.239 e. The zero-order valence-corrected chi connectivity index (χ0v) is 12.1. The molecule has 0 bridgehead atoms. The van der Waals surface area contributed by atoms with E-state index in [4.69, 9.17) is 0 Å². The van der Waals surface area contributed by atoms with Crippen LogP contribution in [-0.4, -0.2) is 19.0 Å². The van der Waals surface area contributed by atoms with E-state index in [9.17, 15) is 4.79 Å². The lowest BCUT2D eigenvalue weighted by atomic mass is 10.2. The van der Waals surface area contributed by atoms with Gasteiger partial charge in [-0.3, -0.25) is 4.79 Å². The van der Waals surface area contributed by atoms with Crippen LogP contribution in [0.1, 0.15) is 18.4 Å². The average Bonchev–Trinajstić information content (AvgIpc) is 3.12. The number of anilines is 1. The second kappa shape index (κ2) is 5.71. The van der Waals surface area contributed by atoms with E-state index in [1.807, 2.05) is 6.07 Å². The highest BCUT2D eigenvalue weighted by Crippen LogP contribution is 2.27. The Labute approximate surface area is 116 Å². The van der Waals surface area contributed by atoms with Crippen molar-refractivity contribution in [3.8, 4) is 0 Å². The number of nitrogens with one attached hydrogen (secondary N) is 2. The first-order chi connectivity index (χ1) is 8.15. The van der Waals surface area contributed by atoms with Crippen molar-refractivity contribution in [1.29, 1.82) is 0 Å². The SMILES string of the molecule is Cc1ccc(NCC(=O)NCC2CC2)cc1I. The molecule has 0 radical (unpaired) electrons.